The van der Waals surface area contributed by atoms with Crippen LogP contribution in [0, 0.1) is 36.7 Å². The summed E-state index contributed by atoms with van der Waals surface area (Å²) >= 11 is 14.4. The topological polar surface area (TPSA) is 353 Å². The summed E-state index contributed by atoms with van der Waals surface area (Å²) in [4.78, 5) is 11.4. The van der Waals surface area contributed by atoms with Crippen LogP contribution >= 0.6 is 34.4 Å². The zero-order valence-electron chi connectivity index (χ0n) is 73.8. The Hall–Kier alpha value is -10.3. The molecular weight excluding hydrogens is 1720 g/mol. The first-order chi connectivity index (χ1) is 61.9. The Morgan fingerprint density at radius 3 is 1.12 bits per heavy atom. The molecule has 12 aromatic rings. The third-order valence-corrected chi connectivity index (χ3v) is 21.4. The van der Waals surface area contributed by atoms with Crippen LogP contribution in [0.3, 0.4) is 0 Å². The summed E-state index contributed by atoms with van der Waals surface area (Å²) in [7, 11) is -0.478. The highest BCUT2D eigenvalue weighted by atomic mass is 35.6. The zero-order valence-corrected chi connectivity index (χ0v) is 76.1. The van der Waals surface area contributed by atoms with Gasteiger partial charge in [0.15, 0.2) is 23.1 Å². The summed E-state index contributed by atoms with van der Waals surface area (Å²) < 4.78 is 95.7. The van der Waals surface area contributed by atoms with Gasteiger partial charge in [-0.1, -0.05) is 234 Å². The zero-order chi connectivity index (χ0) is 94.4. The minimum absolute atomic E-state index is 0.154. The fourth-order valence-corrected chi connectivity index (χ4v) is 14.1. The lowest BCUT2D eigenvalue weighted by Gasteiger charge is -2.40. The molecule has 3 aliphatic rings. The number of fused-ring (bicyclic) bond motifs is 3. The average molecular weight is 1840 g/mol. The lowest BCUT2D eigenvalue weighted by atomic mass is 9.79. The molecule has 128 heavy (non-hydrogen) atoms. The second kappa shape index (κ2) is 50.6. The molecular formula is C93H111B2Cl3F3N12O14Si. The maximum Gasteiger partial charge on any atom is 0.450 e. The first-order valence-electron chi connectivity index (χ1n) is 41.4. The molecule has 35 heteroatoms. The molecule has 679 valence electrons. The number of terminal acetylenes is 3. The van der Waals surface area contributed by atoms with Crippen LogP contribution in [0.2, 0.25) is 26.0 Å². The fraction of sp³-hybridized carbons (Fsp3) is 0.355. The highest BCUT2D eigenvalue weighted by Gasteiger charge is 2.69. The van der Waals surface area contributed by atoms with Gasteiger partial charge >= 0.3 is 12.5 Å². The summed E-state index contributed by atoms with van der Waals surface area (Å²) in [5.41, 5.74) is 22.3. The third kappa shape index (κ3) is 25.8. The molecule has 15 rings (SSSR count). The molecule has 0 aliphatic carbocycles. The van der Waals surface area contributed by atoms with E-state index in [1.165, 1.54) is 34.9 Å². The van der Waals surface area contributed by atoms with Crippen molar-refractivity contribution in [2.24, 2.45) is 0 Å². The van der Waals surface area contributed by atoms with Crippen LogP contribution in [-0.2, 0) is 99.3 Å². The number of aromatic nitrogens is 9. The summed E-state index contributed by atoms with van der Waals surface area (Å²) in [6.07, 6.45) is 16.7. The molecule has 11 N–H and O–H groups in total. The second-order valence-corrected chi connectivity index (χ2v) is 37.0. The van der Waals surface area contributed by atoms with Gasteiger partial charge in [0, 0.05) is 17.1 Å². The monoisotopic (exact) mass is 1830 g/mol. The molecule has 9 heterocycles. The smallest absolute Gasteiger partial charge is 0.397 e. The molecule has 3 saturated heterocycles. The maximum absolute atomic E-state index is 12.6. The number of aliphatic hydroxyl groups excluding tert-OH is 3. The maximum atomic E-state index is 12.6. The Bertz CT molecular complexity index is 5440. The van der Waals surface area contributed by atoms with E-state index in [1.54, 1.807) is 49.6 Å². The van der Waals surface area contributed by atoms with Gasteiger partial charge < -0.3 is 89.7 Å². The number of anilines is 3. The Morgan fingerprint density at radius 1 is 0.508 bits per heavy atom. The number of hydrogen-bond donors (Lipinski definition) is 8. The normalized spacial score (nSPS) is 22.9. The van der Waals surface area contributed by atoms with Gasteiger partial charge in [-0.25, -0.2) is 28.5 Å². The van der Waals surface area contributed by atoms with Crippen LogP contribution in [-0.4, -0.2) is 170 Å². The molecule has 12 atom stereocenters. The van der Waals surface area contributed by atoms with Gasteiger partial charge in [0.25, 0.3) is 0 Å². The van der Waals surface area contributed by atoms with Crippen LogP contribution in [0.1, 0.15) is 100 Å². The van der Waals surface area contributed by atoms with Crippen molar-refractivity contribution in [1.29, 1.82) is 0 Å². The fourth-order valence-electron chi connectivity index (χ4n) is 14.1. The molecule has 0 amide bonds. The third-order valence-electron chi connectivity index (χ3n) is 20.5. The summed E-state index contributed by atoms with van der Waals surface area (Å²) in [6, 6.07) is 69.9. The van der Waals surface area contributed by atoms with E-state index in [0.717, 1.165) is 33.4 Å². The van der Waals surface area contributed by atoms with Crippen molar-refractivity contribution in [1.82, 2.24) is 43.8 Å². The van der Waals surface area contributed by atoms with Crippen LogP contribution in [0.4, 0.5) is 30.9 Å². The number of nitrogens with zero attached hydrogens (tertiary/aromatic N) is 9. The number of ether oxygens (including phenoxy) is 9. The number of hydrogen-bond acceptors (Lipinski definition) is 23. The number of aliphatic hydroxyl groups is 5. The Kier molecular flexibility index (Phi) is 40.8. The number of nitrogen functional groups attached to an aromatic ring is 3. The summed E-state index contributed by atoms with van der Waals surface area (Å²) in [6.45, 7) is 19.3. The highest BCUT2D eigenvalue weighted by molar-refractivity contribution is 7.54. The molecule has 3 aliphatic heterocycles. The predicted octanol–water partition coefficient (Wildman–Crippen LogP) is 14.7. The van der Waals surface area contributed by atoms with Crippen molar-refractivity contribution in [3.63, 3.8) is 0 Å². The van der Waals surface area contributed by atoms with Crippen LogP contribution < -0.4 is 17.2 Å². The van der Waals surface area contributed by atoms with Gasteiger partial charge in [-0.05, 0) is 104 Å². The Balaban J connectivity index is 0.000000245. The Morgan fingerprint density at radius 2 is 0.797 bits per heavy atom. The van der Waals surface area contributed by atoms with Gasteiger partial charge in [-0.2, -0.15) is 49.7 Å². The van der Waals surface area contributed by atoms with Gasteiger partial charge in [-0.3, -0.25) is 0 Å². The van der Waals surface area contributed by atoms with E-state index in [9.17, 15) is 24.7 Å². The molecule has 6 aromatic carbocycles. The van der Waals surface area contributed by atoms with Crippen LogP contribution in [0.15, 0.2) is 237 Å². The number of benzene rings is 6. The standard InChI is InChI=1S/C35H34N4O4.C33H34N4O5.C14H16N4O4.C5H10Si.C2H5BF.C2H6O.C2H6.BCl3.F2/c1-3-35(31-20-19-29-33(36)37-25-38-39(29)31)34(2,42-23-28-17-11-6-12-18-28)32(41-22-27-15-9-5-10-16-27)30(43-35)24-40-21-26-13-7-4-8-14-26;1-32(41-21-26-15-9-4-10-16-26)30(40-20-25-13-7-3-8-14-25)28(22-39-19-24-11-5-2-6-12-24)42-33(32,38)29-18-17-27-31(34)35-23-36-37(27)29;1-3-14(13(2,21)11(20)9(6-19)22-14)10-5-4-8-12(15)16-7-17-18(8)10;1-5-6(2,3)4;1-2-3-4;1-2-3;1-2;2-1(3)4;1-2/h1,4-20,25,30,32H,21-24H2,2H3,(H2,36,37,38);2-18,23,28,30,38H,19-22H2,1H3,(H2,34,35,36);1,4-5,7,9,11,19-21H,6H2,2H3,(H2,15,16,17);1H,2-4H3;2H2,1H3;3H,2H2,1H3;1-2H3;;/t30-,32-,34-,35+;28-,30-,32-,33?;9-,11-,13-,14+;;;;;;/m111....../s1/i;;;;;;1D;;. The van der Waals surface area contributed by atoms with Crippen LogP contribution in [0.5, 0.6) is 0 Å². The van der Waals surface area contributed by atoms with Gasteiger partial charge in [0.05, 0.1) is 70.8 Å². The molecule has 3 fully saturated rings. The van der Waals surface area contributed by atoms with E-state index in [-0.39, 0.29) is 51.3 Å². The van der Waals surface area contributed by atoms with Crippen molar-refractivity contribution in [3.8, 4) is 36.7 Å². The van der Waals surface area contributed by atoms with Crippen molar-refractivity contribution < 1.29 is 83.0 Å². The van der Waals surface area contributed by atoms with Crippen molar-refractivity contribution >= 4 is 89.0 Å². The summed E-state index contributed by atoms with van der Waals surface area (Å²) in [5.74, 6) is 4.26. The van der Waals surface area contributed by atoms with Crippen molar-refractivity contribution in [2.45, 2.75) is 184 Å². The summed E-state index contributed by atoms with van der Waals surface area (Å²) in [5, 5.41) is 63.4. The number of rotatable bonds is 25. The van der Waals surface area contributed by atoms with E-state index in [0.29, 0.717) is 80.0 Å². The van der Waals surface area contributed by atoms with E-state index in [1.807, 2.05) is 208 Å². The molecule has 1 radical (unpaired) electrons. The van der Waals surface area contributed by atoms with Crippen molar-refractivity contribution in [2.75, 3.05) is 43.6 Å². The van der Waals surface area contributed by atoms with E-state index in [4.69, 9.17) is 129 Å². The second-order valence-electron chi connectivity index (χ2n) is 30.2. The molecule has 0 bridgehead atoms. The lowest BCUT2D eigenvalue weighted by Crippen LogP contribution is -2.55. The number of halogens is 6. The van der Waals surface area contributed by atoms with Crippen molar-refractivity contribution in [3.05, 3.63) is 288 Å². The average Bonchev–Trinajstić information content (AvgIpc) is 1.56. The highest BCUT2D eigenvalue weighted by Crippen LogP contribution is 2.53. The molecule has 26 nitrogen and oxygen atoms in total. The van der Waals surface area contributed by atoms with E-state index < -0.39 is 90.1 Å². The van der Waals surface area contributed by atoms with Gasteiger partial charge in [0.1, 0.15) is 97.1 Å². The quantitative estimate of drug-likeness (QED) is 0.0195. The van der Waals surface area contributed by atoms with E-state index in [2.05, 4.69) is 67.3 Å². The molecule has 6 aromatic heterocycles. The largest absolute Gasteiger partial charge is 0.450 e. The first kappa shape index (κ1) is 103. The minimum Gasteiger partial charge on any atom is -0.397 e. The molecule has 1 unspecified atom stereocenters. The lowest BCUT2D eigenvalue weighted by molar-refractivity contribution is -0.294. The van der Waals surface area contributed by atoms with Gasteiger partial charge in [0.2, 0.25) is 17.0 Å². The minimum atomic E-state index is -1.99. The van der Waals surface area contributed by atoms with Crippen LogP contribution in [0.25, 0.3) is 16.6 Å². The molecule has 0 spiro atoms. The van der Waals surface area contributed by atoms with Gasteiger partial charge in [-0.15, -0.1) is 24.8 Å². The SMILES string of the molecule is C#C[C@@]1(c2ccc3c(N)ncnn23)O[C@H](CO)[C@@H](O)[C@@]1(C)O.C#C[C@@]1(c2ccc3c(N)ncnn23)O[C@H](COCc2ccccc2)[C@@H](OCc2ccccc2)[C@@]1(C)OCc1ccccc1.C#C[Si](C)(C)C.CCO.CC[B]F.C[C@@]1(OCc2ccccc2)[C@H](OCc2ccccc2)[C@@H](COCc2ccccc2)OC1(O)c1ccc2c(N)ncnn12.ClB(Cl)Cl.FF.[2H]CC. The Labute approximate surface area is 763 Å². The van der Waals surface area contributed by atoms with E-state index >= 15 is 0 Å². The molecule has 0 saturated carbocycles. The first-order valence-corrected chi connectivity index (χ1v) is 45.5. The predicted molar refractivity (Wildman–Crippen MR) is 496 cm³/mol. The number of nitrogens with two attached hydrogens (primary N) is 3.